The summed E-state index contributed by atoms with van der Waals surface area (Å²) >= 11 is 0. The molecule has 0 bridgehead atoms. The summed E-state index contributed by atoms with van der Waals surface area (Å²) in [6, 6.07) is 19.4. The van der Waals surface area contributed by atoms with Gasteiger partial charge in [0.2, 0.25) is 11.7 Å². The van der Waals surface area contributed by atoms with E-state index >= 15 is 0 Å². The zero-order chi connectivity index (χ0) is 22.7. The van der Waals surface area contributed by atoms with Gasteiger partial charge in [-0.3, -0.25) is 14.4 Å². The molecule has 4 rings (SSSR count). The maximum absolute atomic E-state index is 13.9. The van der Waals surface area contributed by atoms with Crippen LogP contribution in [0.15, 0.2) is 84.6 Å². The van der Waals surface area contributed by atoms with E-state index in [4.69, 9.17) is 0 Å². The number of hydrogen-bond acceptors (Lipinski definition) is 4. The molecule has 0 aromatic heterocycles. The first-order valence-electron chi connectivity index (χ1n) is 10.2. The Kier molecular flexibility index (Phi) is 5.94. The van der Waals surface area contributed by atoms with E-state index in [0.717, 1.165) is 5.56 Å². The number of hydrogen-bond donors (Lipinski definition) is 2. The third-order valence-corrected chi connectivity index (χ3v) is 5.33. The minimum Gasteiger partial charge on any atom is -0.370 e. The van der Waals surface area contributed by atoms with E-state index in [2.05, 4.69) is 10.6 Å². The molecule has 0 saturated carbocycles. The lowest BCUT2D eigenvalue weighted by atomic mass is 9.92. The fourth-order valence-corrected chi connectivity index (χ4v) is 3.57. The molecule has 1 aliphatic carbocycles. The van der Waals surface area contributed by atoms with Crippen LogP contribution in [0.4, 0.5) is 10.1 Å². The number of rotatable bonds is 6. The minimum atomic E-state index is -0.866. The number of carbonyl (C=O) groups excluding carboxylic acids is 3. The van der Waals surface area contributed by atoms with Crippen molar-refractivity contribution in [1.82, 2.24) is 5.32 Å². The van der Waals surface area contributed by atoms with Crippen LogP contribution < -0.4 is 10.6 Å². The number of Topliss-reactive ketones (excluding diaryl/α,β-unsaturated/α-hetero) is 1. The van der Waals surface area contributed by atoms with E-state index in [0.29, 0.717) is 22.4 Å². The Balaban J connectivity index is 1.61. The normalized spacial score (nSPS) is 13.8. The van der Waals surface area contributed by atoms with Gasteiger partial charge in [0.25, 0.3) is 0 Å². The van der Waals surface area contributed by atoms with E-state index in [9.17, 15) is 18.8 Å². The Morgan fingerprint density at radius 2 is 1.62 bits per heavy atom. The summed E-state index contributed by atoms with van der Waals surface area (Å²) in [5.74, 6) is -1.53. The molecule has 32 heavy (non-hydrogen) atoms. The fourth-order valence-electron chi connectivity index (χ4n) is 3.57. The van der Waals surface area contributed by atoms with Gasteiger partial charge in [-0.05, 0) is 30.2 Å². The highest BCUT2D eigenvalue weighted by Gasteiger charge is 2.29. The summed E-state index contributed by atoms with van der Waals surface area (Å²) in [5.41, 5.74) is 2.33. The molecule has 0 unspecified atom stereocenters. The second kappa shape index (κ2) is 8.98. The molecular weight excluding hydrogens is 407 g/mol. The molecule has 1 amide bonds. The van der Waals surface area contributed by atoms with E-state index in [-0.39, 0.29) is 23.7 Å². The van der Waals surface area contributed by atoms with Crippen LogP contribution in [0.3, 0.4) is 0 Å². The maximum atomic E-state index is 13.9. The molecule has 1 atom stereocenters. The Labute approximate surface area is 185 Å². The van der Waals surface area contributed by atoms with Gasteiger partial charge >= 0.3 is 0 Å². The molecule has 0 spiro atoms. The molecule has 0 fully saturated rings. The number of nitrogens with one attached hydrogen (secondary N) is 2. The van der Waals surface area contributed by atoms with Gasteiger partial charge in [0.05, 0.1) is 5.70 Å². The number of anilines is 1. The van der Waals surface area contributed by atoms with Crippen molar-refractivity contribution in [1.29, 1.82) is 0 Å². The lowest BCUT2D eigenvalue weighted by molar-refractivity contribution is -0.117. The predicted molar refractivity (Wildman–Crippen MR) is 120 cm³/mol. The van der Waals surface area contributed by atoms with E-state index in [1.165, 1.54) is 12.1 Å². The second-order valence-corrected chi connectivity index (χ2v) is 7.64. The van der Waals surface area contributed by atoms with Crippen LogP contribution in [0.25, 0.3) is 0 Å². The Morgan fingerprint density at radius 3 is 2.34 bits per heavy atom. The monoisotopic (exact) mass is 428 g/mol. The lowest BCUT2D eigenvalue weighted by Gasteiger charge is -2.23. The molecule has 6 heteroatoms. The Bertz CT molecular complexity index is 1230. The first-order valence-corrected chi connectivity index (χ1v) is 10.2. The molecule has 160 valence electrons. The van der Waals surface area contributed by atoms with Crippen molar-refractivity contribution in [3.63, 3.8) is 0 Å². The van der Waals surface area contributed by atoms with E-state index < -0.39 is 17.8 Å². The molecule has 3 aromatic carbocycles. The third-order valence-electron chi connectivity index (χ3n) is 5.33. The predicted octanol–water partition coefficient (Wildman–Crippen LogP) is 4.24. The molecule has 0 saturated heterocycles. The molecule has 1 aliphatic rings. The van der Waals surface area contributed by atoms with Gasteiger partial charge in [-0.1, -0.05) is 60.7 Å². The van der Waals surface area contributed by atoms with Crippen molar-refractivity contribution < 1.29 is 18.8 Å². The number of fused-ring (bicyclic) bond motifs is 1. The van der Waals surface area contributed by atoms with Gasteiger partial charge in [-0.25, -0.2) is 4.39 Å². The van der Waals surface area contributed by atoms with Gasteiger partial charge in [-0.15, -0.1) is 0 Å². The summed E-state index contributed by atoms with van der Waals surface area (Å²) in [6.45, 7) is 1.64. The highest BCUT2D eigenvalue weighted by molar-refractivity contribution is 6.24. The Hall–Kier alpha value is -4.06. The summed E-state index contributed by atoms with van der Waals surface area (Å²) in [6.07, 6.45) is 1.49. The minimum absolute atomic E-state index is 0.0554. The van der Waals surface area contributed by atoms with Gasteiger partial charge in [-0.2, -0.15) is 0 Å². The molecule has 5 nitrogen and oxygen atoms in total. The Morgan fingerprint density at radius 1 is 0.938 bits per heavy atom. The first-order chi connectivity index (χ1) is 15.4. The number of aryl methyl sites for hydroxylation is 1. The van der Waals surface area contributed by atoms with Crippen molar-refractivity contribution in [2.24, 2.45) is 0 Å². The smallest absolute Gasteiger partial charge is 0.247 e. The summed E-state index contributed by atoms with van der Waals surface area (Å²) in [7, 11) is 0. The average Bonchev–Trinajstić information content (AvgIpc) is 2.80. The number of ketones is 2. The standard InChI is InChI=1S/C26H21FN2O3/c1-16-11-12-18(14-21(16)27)28-26(32)23(13-17-7-3-2-4-8-17)29-22-15-24(30)19-9-5-6-10-20(19)25(22)31/h2-12,14-15,23,29H,13H2,1H3,(H,28,32)/t23-/m1/s1. The third kappa shape index (κ3) is 4.49. The maximum Gasteiger partial charge on any atom is 0.247 e. The van der Waals surface area contributed by atoms with Gasteiger partial charge in [0, 0.05) is 29.3 Å². The van der Waals surface area contributed by atoms with Crippen LogP contribution in [0, 0.1) is 12.7 Å². The van der Waals surface area contributed by atoms with Crippen LogP contribution in [0.1, 0.15) is 31.8 Å². The van der Waals surface area contributed by atoms with Crippen molar-refractivity contribution >= 4 is 23.2 Å². The van der Waals surface area contributed by atoms with Crippen molar-refractivity contribution in [3.05, 3.63) is 113 Å². The van der Waals surface area contributed by atoms with Crippen molar-refractivity contribution in [2.45, 2.75) is 19.4 Å². The molecular formula is C26H21FN2O3. The summed E-state index contributed by atoms with van der Waals surface area (Å²) < 4.78 is 13.9. The molecule has 3 aromatic rings. The van der Waals surface area contributed by atoms with Crippen LogP contribution in [0.5, 0.6) is 0 Å². The number of carbonyl (C=O) groups is 3. The fraction of sp³-hybridized carbons (Fsp3) is 0.115. The number of halogens is 1. The number of allylic oxidation sites excluding steroid dienone is 2. The van der Waals surface area contributed by atoms with Crippen LogP contribution in [-0.2, 0) is 11.2 Å². The van der Waals surface area contributed by atoms with Gasteiger partial charge < -0.3 is 10.6 Å². The number of amides is 1. The largest absolute Gasteiger partial charge is 0.370 e. The molecule has 0 aliphatic heterocycles. The zero-order valence-corrected chi connectivity index (χ0v) is 17.4. The number of benzene rings is 3. The van der Waals surface area contributed by atoms with Crippen LogP contribution in [0.2, 0.25) is 0 Å². The zero-order valence-electron chi connectivity index (χ0n) is 17.4. The van der Waals surface area contributed by atoms with E-state index in [1.54, 1.807) is 43.3 Å². The van der Waals surface area contributed by atoms with Gasteiger partial charge in [0.15, 0.2) is 5.78 Å². The van der Waals surface area contributed by atoms with Crippen molar-refractivity contribution in [2.75, 3.05) is 5.32 Å². The summed E-state index contributed by atoms with van der Waals surface area (Å²) in [4.78, 5) is 38.6. The molecule has 2 N–H and O–H groups in total. The first kappa shape index (κ1) is 21.2. The van der Waals surface area contributed by atoms with Crippen molar-refractivity contribution in [3.8, 4) is 0 Å². The highest BCUT2D eigenvalue weighted by atomic mass is 19.1. The highest BCUT2D eigenvalue weighted by Crippen LogP contribution is 2.21. The SMILES string of the molecule is Cc1ccc(NC(=O)[C@@H](Cc2ccccc2)NC2=CC(=O)c3ccccc3C2=O)cc1F. The quantitative estimate of drug-likeness (QED) is 0.616. The van der Waals surface area contributed by atoms with Gasteiger partial charge in [0.1, 0.15) is 11.9 Å². The molecule has 0 heterocycles. The second-order valence-electron chi connectivity index (χ2n) is 7.64. The topological polar surface area (TPSA) is 75.3 Å². The van der Waals surface area contributed by atoms with Crippen LogP contribution in [-0.4, -0.2) is 23.5 Å². The average molecular weight is 428 g/mol. The van der Waals surface area contributed by atoms with E-state index in [1.807, 2.05) is 30.3 Å². The molecule has 0 radical (unpaired) electrons. The summed E-state index contributed by atoms with van der Waals surface area (Å²) in [5, 5.41) is 5.66. The van der Waals surface area contributed by atoms with Crippen LogP contribution >= 0.6 is 0 Å². The lowest BCUT2D eigenvalue weighted by Crippen LogP contribution is -2.44.